The van der Waals surface area contributed by atoms with Crippen molar-refractivity contribution in [3.8, 4) is 10.9 Å². The zero-order valence-electron chi connectivity index (χ0n) is 8.81. The number of halogens is 3. The average molecular weight is 276 g/mol. The van der Waals surface area contributed by atoms with Crippen molar-refractivity contribution >= 4 is 11.3 Å². The summed E-state index contributed by atoms with van der Waals surface area (Å²) >= 11 is 0.885. The van der Waals surface area contributed by atoms with E-state index in [-0.39, 0.29) is 22.6 Å². The van der Waals surface area contributed by atoms with Crippen LogP contribution in [0, 0.1) is 0 Å². The quantitative estimate of drug-likeness (QED) is 0.936. The first-order valence-corrected chi connectivity index (χ1v) is 5.59. The largest absolute Gasteiger partial charge is 0.429 e. The highest BCUT2D eigenvalue weighted by Gasteiger charge is 2.34. The van der Waals surface area contributed by atoms with Crippen LogP contribution in [0.4, 0.5) is 13.2 Å². The number of ether oxygens (including phenoxy) is 1. The lowest BCUT2D eigenvalue weighted by atomic mass is 10.2. The maximum atomic E-state index is 12.7. The molecule has 2 aromatic rings. The van der Waals surface area contributed by atoms with Crippen LogP contribution in [0.2, 0.25) is 0 Å². The minimum Gasteiger partial charge on any atom is -0.429 e. The van der Waals surface area contributed by atoms with Crippen molar-refractivity contribution in [3.63, 3.8) is 0 Å². The molecule has 18 heavy (non-hydrogen) atoms. The summed E-state index contributed by atoms with van der Waals surface area (Å²) in [6.45, 7) is -0.331. The van der Waals surface area contributed by atoms with Gasteiger partial charge in [0.15, 0.2) is 0 Å². The number of aliphatic hydroxyl groups excluding tert-OH is 1. The summed E-state index contributed by atoms with van der Waals surface area (Å²) in [5.74, 6) is -0.342. The standard InChI is InChI=1S/C10H7F3N2O2S/c11-10(12,13)6-3-1-2-4-7(6)17-9-15-14-8(5-16)18-9/h1-4,16H,5H2. The predicted molar refractivity (Wildman–Crippen MR) is 57.3 cm³/mol. The molecule has 0 spiro atoms. The van der Waals surface area contributed by atoms with E-state index < -0.39 is 11.7 Å². The van der Waals surface area contributed by atoms with Crippen LogP contribution in [0.15, 0.2) is 24.3 Å². The Labute approximate surface area is 104 Å². The monoisotopic (exact) mass is 276 g/mol. The van der Waals surface area contributed by atoms with Crippen molar-refractivity contribution in [3.05, 3.63) is 34.8 Å². The van der Waals surface area contributed by atoms with Crippen molar-refractivity contribution in [1.29, 1.82) is 0 Å². The summed E-state index contributed by atoms with van der Waals surface area (Å²) < 4.78 is 43.0. The molecule has 4 nitrogen and oxygen atoms in total. The van der Waals surface area contributed by atoms with Crippen molar-refractivity contribution < 1.29 is 23.0 Å². The second-order valence-corrected chi connectivity index (χ2v) is 4.24. The first-order valence-electron chi connectivity index (χ1n) is 4.78. The second-order valence-electron chi connectivity index (χ2n) is 3.22. The van der Waals surface area contributed by atoms with Gasteiger partial charge in [-0.1, -0.05) is 28.6 Å². The summed E-state index contributed by atoms with van der Waals surface area (Å²) in [6.07, 6.45) is -4.50. The van der Waals surface area contributed by atoms with Gasteiger partial charge < -0.3 is 9.84 Å². The molecule has 0 aliphatic carbocycles. The van der Waals surface area contributed by atoms with E-state index in [9.17, 15) is 13.2 Å². The lowest BCUT2D eigenvalue weighted by Crippen LogP contribution is -2.06. The fourth-order valence-corrected chi connectivity index (χ4v) is 1.79. The molecule has 1 heterocycles. The highest BCUT2D eigenvalue weighted by atomic mass is 32.1. The van der Waals surface area contributed by atoms with E-state index in [4.69, 9.17) is 9.84 Å². The summed E-state index contributed by atoms with van der Waals surface area (Å²) in [4.78, 5) is 0. The number of rotatable bonds is 3. The molecule has 0 saturated heterocycles. The Hall–Kier alpha value is -1.67. The van der Waals surface area contributed by atoms with Crippen LogP contribution in [0.1, 0.15) is 10.6 Å². The molecule has 0 aliphatic rings. The van der Waals surface area contributed by atoms with Gasteiger partial charge in [-0.25, -0.2) is 0 Å². The Morgan fingerprint density at radius 3 is 2.56 bits per heavy atom. The average Bonchev–Trinajstić information content (AvgIpc) is 2.76. The summed E-state index contributed by atoms with van der Waals surface area (Å²) in [5, 5.41) is 16.1. The van der Waals surface area contributed by atoms with Gasteiger partial charge in [0.05, 0.1) is 12.2 Å². The predicted octanol–water partition coefficient (Wildman–Crippen LogP) is 2.84. The van der Waals surface area contributed by atoms with Crippen molar-refractivity contribution in [2.45, 2.75) is 12.8 Å². The number of para-hydroxylation sites is 1. The number of aliphatic hydroxyl groups is 1. The molecule has 0 unspecified atom stereocenters. The maximum absolute atomic E-state index is 12.7. The van der Waals surface area contributed by atoms with Gasteiger partial charge in [-0.2, -0.15) is 13.2 Å². The van der Waals surface area contributed by atoms with E-state index in [0.717, 1.165) is 17.4 Å². The van der Waals surface area contributed by atoms with Crippen LogP contribution in [-0.2, 0) is 12.8 Å². The fourth-order valence-electron chi connectivity index (χ4n) is 1.23. The number of nitrogens with zero attached hydrogens (tertiary/aromatic N) is 2. The molecular weight excluding hydrogens is 269 g/mol. The fraction of sp³-hybridized carbons (Fsp3) is 0.200. The molecule has 0 radical (unpaired) electrons. The van der Waals surface area contributed by atoms with E-state index in [1.807, 2.05) is 0 Å². The molecule has 1 aromatic carbocycles. The number of hydrogen-bond donors (Lipinski definition) is 1. The van der Waals surface area contributed by atoms with E-state index in [1.54, 1.807) is 0 Å². The number of aromatic nitrogens is 2. The third-order valence-corrected chi connectivity index (χ3v) is 2.76. The number of benzene rings is 1. The van der Waals surface area contributed by atoms with E-state index in [2.05, 4.69) is 10.2 Å². The van der Waals surface area contributed by atoms with E-state index in [1.165, 1.54) is 18.2 Å². The number of alkyl halides is 3. The molecule has 1 N–H and O–H groups in total. The third kappa shape index (κ3) is 2.77. The summed E-state index contributed by atoms with van der Waals surface area (Å²) in [6, 6.07) is 4.82. The van der Waals surface area contributed by atoms with Crippen LogP contribution in [0.5, 0.6) is 10.9 Å². The van der Waals surface area contributed by atoms with Gasteiger partial charge in [0.25, 0.3) is 5.19 Å². The van der Waals surface area contributed by atoms with Crippen molar-refractivity contribution in [2.24, 2.45) is 0 Å². The van der Waals surface area contributed by atoms with Crippen LogP contribution in [0.3, 0.4) is 0 Å². The van der Waals surface area contributed by atoms with Gasteiger partial charge in [0, 0.05) is 0 Å². The lowest BCUT2D eigenvalue weighted by molar-refractivity contribution is -0.138. The first-order chi connectivity index (χ1) is 8.50. The zero-order chi connectivity index (χ0) is 13.2. The van der Waals surface area contributed by atoms with Crippen LogP contribution in [-0.4, -0.2) is 15.3 Å². The lowest BCUT2D eigenvalue weighted by Gasteiger charge is -2.11. The Bertz CT molecular complexity index is 542. The molecular formula is C10H7F3N2O2S. The minimum absolute atomic E-state index is 0.0456. The topological polar surface area (TPSA) is 55.2 Å². The summed E-state index contributed by atoms with van der Waals surface area (Å²) in [7, 11) is 0. The second kappa shape index (κ2) is 4.91. The maximum Gasteiger partial charge on any atom is 0.419 e. The first kappa shape index (κ1) is 12.8. The molecule has 0 bridgehead atoms. The Morgan fingerprint density at radius 1 is 1.22 bits per heavy atom. The molecule has 0 saturated carbocycles. The van der Waals surface area contributed by atoms with Gasteiger partial charge in [-0.05, 0) is 12.1 Å². The van der Waals surface area contributed by atoms with Crippen molar-refractivity contribution in [2.75, 3.05) is 0 Å². The Morgan fingerprint density at radius 2 is 1.94 bits per heavy atom. The van der Waals surface area contributed by atoms with Gasteiger partial charge in [-0.15, -0.1) is 5.10 Å². The Balaban J connectivity index is 2.29. The molecule has 0 amide bonds. The van der Waals surface area contributed by atoms with Gasteiger partial charge in [0.2, 0.25) is 0 Å². The molecule has 96 valence electrons. The van der Waals surface area contributed by atoms with Crippen LogP contribution >= 0.6 is 11.3 Å². The van der Waals surface area contributed by atoms with E-state index >= 15 is 0 Å². The minimum atomic E-state index is -4.50. The smallest absolute Gasteiger partial charge is 0.419 e. The summed E-state index contributed by atoms with van der Waals surface area (Å²) in [5.41, 5.74) is -0.884. The normalized spacial score (nSPS) is 11.6. The van der Waals surface area contributed by atoms with Crippen molar-refractivity contribution in [1.82, 2.24) is 10.2 Å². The SMILES string of the molecule is OCc1nnc(Oc2ccccc2C(F)(F)F)s1. The molecule has 0 atom stereocenters. The Kier molecular flexibility index (Phi) is 3.48. The molecule has 8 heteroatoms. The molecule has 1 aromatic heterocycles. The zero-order valence-corrected chi connectivity index (χ0v) is 9.63. The highest BCUT2D eigenvalue weighted by molar-refractivity contribution is 7.13. The molecule has 0 fully saturated rings. The van der Waals surface area contributed by atoms with Gasteiger partial charge in [-0.3, -0.25) is 0 Å². The van der Waals surface area contributed by atoms with Crippen LogP contribution < -0.4 is 4.74 Å². The number of hydrogen-bond acceptors (Lipinski definition) is 5. The van der Waals surface area contributed by atoms with Crippen LogP contribution in [0.25, 0.3) is 0 Å². The highest BCUT2D eigenvalue weighted by Crippen LogP contribution is 2.38. The van der Waals surface area contributed by atoms with Gasteiger partial charge in [0.1, 0.15) is 10.8 Å². The van der Waals surface area contributed by atoms with E-state index in [0.29, 0.717) is 0 Å². The molecule has 2 rings (SSSR count). The molecule has 0 aliphatic heterocycles. The third-order valence-electron chi connectivity index (χ3n) is 1.97. The van der Waals surface area contributed by atoms with Gasteiger partial charge >= 0.3 is 6.18 Å².